The van der Waals surface area contributed by atoms with E-state index in [0.29, 0.717) is 6.42 Å². The molecule has 0 saturated heterocycles. The zero-order chi connectivity index (χ0) is 9.90. The number of Topliss-reactive ketones (excluding diaryl/α,β-unsaturated/α-hetero) is 1. The molecule has 1 aromatic rings. The highest BCUT2D eigenvalue weighted by Gasteiger charge is 2.30. The Balaban J connectivity index is 2.83. The van der Waals surface area contributed by atoms with E-state index in [1.807, 2.05) is 11.4 Å². The molecular weight excluding hydrogens is 184 g/mol. The second kappa shape index (κ2) is 3.67. The molecule has 1 atom stereocenters. The Bertz CT molecular complexity index is 339. The standard InChI is InChI=1S/C9H10N2OS/c1-7(12)9(2,6-10)5-8-11-3-4-13-8/h3-4H,5H2,1-2H3. The number of carbonyl (C=O) groups is 1. The highest BCUT2D eigenvalue weighted by atomic mass is 32.1. The van der Waals surface area contributed by atoms with Crippen LogP contribution in [0.1, 0.15) is 18.9 Å². The number of ketones is 1. The molecule has 0 N–H and O–H groups in total. The van der Waals surface area contributed by atoms with Crippen LogP contribution in [0.3, 0.4) is 0 Å². The van der Waals surface area contributed by atoms with Gasteiger partial charge >= 0.3 is 0 Å². The van der Waals surface area contributed by atoms with Crippen molar-refractivity contribution >= 4 is 17.1 Å². The first-order chi connectivity index (χ1) is 6.08. The fourth-order valence-electron chi connectivity index (χ4n) is 0.885. The highest BCUT2D eigenvalue weighted by molar-refractivity contribution is 7.09. The molecule has 0 aliphatic heterocycles. The lowest BCUT2D eigenvalue weighted by atomic mass is 9.85. The highest BCUT2D eigenvalue weighted by Crippen LogP contribution is 2.23. The number of carbonyl (C=O) groups excluding carboxylic acids is 1. The summed E-state index contributed by atoms with van der Waals surface area (Å²) in [6.45, 7) is 3.09. The topological polar surface area (TPSA) is 53.8 Å². The van der Waals surface area contributed by atoms with Gasteiger partial charge in [-0.25, -0.2) is 4.98 Å². The lowest BCUT2D eigenvalue weighted by Crippen LogP contribution is -2.26. The predicted molar refractivity (Wildman–Crippen MR) is 50.2 cm³/mol. The zero-order valence-electron chi connectivity index (χ0n) is 7.57. The maximum Gasteiger partial charge on any atom is 0.150 e. The van der Waals surface area contributed by atoms with Crippen molar-refractivity contribution in [2.45, 2.75) is 20.3 Å². The van der Waals surface area contributed by atoms with E-state index in [9.17, 15) is 4.79 Å². The van der Waals surface area contributed by atoms with Gasteiger partial charge in [-0.3, -0.25) is 4.79 Å². The van der Waals surface area contributed by atoms with Crippen molar-refractivity contribution in [2.75, 3.05) is 0 Å². The van der Waals surface area contributed by atoms with Gasteiger partial charge in [0.05, 0.1) is 11.1 Å². The molecule has 0 aromatic carbocycles. The summed E-state index contributed by atoms with van der Waals surface area (Å²) in [5.41, 5.74) is -0.919. The van der Waals surface area contributed by atoms with Crippen molar-refractivity contribution in [1.29, 1.82) is 5.26 Å². The number of rotatable bonds is 3. The van der Waals surface area contributed by atoms with Crippen LogP contribution in [-0.4, -0.2) is 10.8 Å². The van der Waals surface area contributed by atoms with Crippen LogP contribution in [0.15, 0.2) is 11.6 Å². The fraction of sp³-hybridized carbons (Fsp3) is 0.444. The minimum atomic E-state index is -0.919. The van der Waals surface area contributed by atoms with Crippen molar-refractivity contribution < 1.29 is 4.79 Å². The summed E-state index contributed by atoms with van der Waals surface area (Å²) in [5, 5.41) is 11.5. The van der Waals surface area contributed by atoms with Crippen LogP contribution in [-0.2, 0) is 11.2 Å². The van der Waals surface area contributed by atoms with Crippen LogP contribution in [0.5, 0.6) is 0 Å². The Morgan fingerprint density at radius 1 is 1.85 bits per heavy atom. The Morgan fingerprint density at radius 2 is 2.54 bits per heavy atom. The summed E-state index contributed by atoms with van der Waals surface area (Å²) in [6.07, 6.45) is 2.09. The molecule has 1 unspecified atom stereocenters. The van der Waals surface area contributed by atoms with Crippen molar-refractivity contribution in [3.63, 3.8) is 0 Å². The van der Waals surface area contributed by atoms with Crippen LogP contribution in [0.4, 0.5) is 0 Å². The van der Waals surface area contributed by atoms with Crippen LogP contribution < -0.4 is 0 Å². The third kappa shape index (κ3) is 2.13. The van der Waals surface area contributed by atoms with Gasteiger partial charge < -0.3 is 0 Å². The summed E-state index contributed by atoms with van der Waals surface area (Å²) in [6, 6.07) is 2.03. The molecule has 0 amide bonds. The molecule has 0 bridgehead atoms. The fourth-order valence-corrected chi connectivity index (χ4v) is 1.66. The van der Waals surface area contributed by atoms with Gasteiger partial charge in [-0.05, 0) is 13.8 Å². The lowest BCUT2D eigenvalue weighted by molar-refractivity contribution is -0.123. The molecule has 1 aromatic heterocycles. The van der Waals surface area contributed by atoms with Crippen molar-refractivity contribution in [3.05, 3.63) is 16.6 Å². The molecule has 1 heterocycles. The third-order valence-corrected chi connectivity index (χ3v) is 2.79. The summed E-state index contributed by atoms with van der Waals surface area (Å²) in [4.78, 5) is 15.2. The van der Waals surface area contributed by atoms with E-state index in [1.54, 1.807) is 13.1 Å². The maximum atomic E-state index is 11.2. The molecule has 0 spiro atoms. The third-order valence-electron chi connectivity index (χ3n) is 2.01. The minimum Gasteiger partial charge on any atom is -0.298 e. The first-order valence-corrected chi connectivity index (χ1v) is 4.77. The predicted octanol–water partition coefficient (Wildman–Crippen LogP) is 1.80. The van der Waals surface area contributed by atoms with Gasteiger partial charge in [0.2, 0.25) is 0 Å². The van der Waals surface area contributed by atoms with Crippen LogP contribution in [0.25, 0.3) is 0 Å². The molecule has 0 saturated carbocycles. The van der Waals surface area contributed by atoms with Crippen molar-refractivity contribution in [1.82, 2.24) is 4.98 Å². The van der Waals surface area contributed by atoms with Gasteiger partial charge in [-0.15, -0.1) is 11.3 Å². The average molecular weight is 194 g/mol. The van der Waals surface area contributed by atoms with Gasteiger partial charge in [-0.2, -0.15) is 5.26 Å². The molecule has 0 aliphatic rings. The second-order valence-corrected chi connectivity index (χ2v) is 4.08. The Labute approximate surface area is 81.0 Å². The van der Waals surface area contributed by atoms with Gasteiger partial charge in [0.1, 0.15) is 11.2 Å². The summed E-state index contributed by atoms with van der Waals surface area (Å²) >= 11 is 1.47. The molecule has 1 rings (SSSR count). The monoisotopic (exact) mass is 194 g/mol. The van der Waals surface area contributed by atoms with E-state index in [-0.39, 0.29) is 5.78 Å². The van der Waals surface area contributed by atoms with Gasteiger partial charge in [-0.1, -0.05) is 0 Å². The Hall–Kier alpha value is -1.21. The number of nitrogens with zero attached hydrogens (tertiary/aromatic N) is 2. The number of hydrogen-bond donors (Lipinski definition) is 0. The quantitative estimate of drug-likeness (QED) is 0.737. The van der Waals surface area contributed by atoms with Crippen molar-refractivity contribution in [3.8, 4) is 6.07 Å². The normalized spacial score (nSPS) is 14.5. The van der Waals surface area contributed by atoms with Crippen molar-refractivity contribution in [2.24, 2.45) is 5.41 Å². The molecular formula is C9H10N2OS. The van der Waals surface area contributed by atoms with Crippen LogP contribution >= 0.6 is 11.3 Å². The zero-order valence-corrected chi connectivity index (χ0v) is 8.39. The molecule has 0 aliphatic carbocycles. The second-order valence-electron chi connectivity index (χ2n) is 3.10. The van der Waals surface area contributed by atoms with Crippen LogP contribution in [0.2, 0.25) is 0 Å². The molecule has 0 radical (unpaired) electrons. The van der Waals surface area contributed by atoms with Gasteiger partial charge in [0.15, 0.2) is 0 Å². The largest absolute Gasteiger partial charge is 0.298 e. The summed E-state index contributed by atoms with van der Waals surface area (Å²) in [7, 11) is 0. The SMILES string of the molecule is CC(=O)C(C)(C#N)Cc1nccs1. The number of thiazole rings is 1. The molecule has 68 valence electrons. The molecule has 0 fully saturated rings. The molecule has 4 heteroatoms. The Morgan fingerprint density at radius 3 is 2.92 bits per heavy atom. The van der Waals surface area contributed by atoms with E-state index >= 15 is 0 Å². The maximum absolute atomic E-state index is 11.2. The lowest BCUT2D eigenvalue weighted by Gasteiger charge is -2.15. The van der Waals surface area contributed by atoms with E-state index < -0.39 is 5.41 Å². The summed E-state index contributed by atoms with van der Waals surface area (Å²) in [5.74, 6) is -0.106. The van der Waals surface area contributed by atoms with E-state index in [1.165, 1.54) is 18.3 Å². The first-order valence-electron chi connectivity index (χ1n) is 3.89. The van der Waals surface area contributed by atoms with E-state index in [0.717, 1.165) is 5.01 Å². The number of nitriles is 1. The average Bonchev–Trinajstić information content (AvgIpc) is 2.56. The van der Waals surface area contributed by atoms with E-state index in [2.05, 4.69) is 4.98 Å². The molecule has 3 nitrogen and oxygen atoms in total. The minimum absolute atomic E-state index is 0.106. The van der Waals surface area contributed by atoms with Crippen LogP contribution in [0, 0.1) is 16.7 Å². The smallest absolute Gasteiger partial charge is 0.150 e. The van der Waals surface area contributed by atoms with E-state index in [4.69, 9.17) is 5.26 Å². The van der Waals surface area contributed by atoms with Gasteiger partial charge in [0.25, 0.3) is 0 Å². The first kappa shape index (κ1) is 9.87. The number of aromatic nitrogens is 1. The number of hydrogen-bond acceptors (Lipinski definition) is 4. The summed E-state index contributed by atoms with van der Waals surface area (Å²) < 4.78 is 0. The Kier molecular flexibility index (Phi) is 2.79. The molecule has 13 heavy (non-hydrogen) atoms. The van der Waals surface area contributed by atoms with Gasteiger partial charge in [0, 0.05) is 18.0 Å².